The third-order valence-electron chi connectivity index (χ3n) is 4.38. The van der Waals surface area contributed by atoms with Crippen LogP contribution < -0.4 is 19.7 Å². The number of rotatable bonds is 3. The fourth-order valence-corrected chi connectivity index (χ4v) is 3.02. The number of anilines is 2. The normalized spacial score (nSPS) is 21.0. The van der Waals surface area contributed by atoms with Crippen molar-refractivity contribution in [3.05, 3.63) is 48.3 Å². The second-order valence-corrected chi connectivity index (χ2v) is 6.23. The molecule has 140 valence electrons. The first kappa shape index (κ1) is 17.1. The van der Waals surface area contributed by atoms with Gasteiger partial charge >= 0.3 is 6.09 Å². The van der Waals surface area contributed by atoms with Crippen LogP contribution in [-0.4, -0.2) is 37.4 Å². The summed E-state index contributed by atoms with van der Waals surface area (Å²) in [4.78, 5) is 25.7. The average Bonchev–Trinajstić information content (AvgIpc) is 3.09. The first-order chi connectivity index (χ1) is 13.0. The Hall–Kier alpha value is -3.29. The highest BCUT2D eigenvalue weighted by atomic mass is 19.1. The Labute approximate surface area is 154 Å². The molecule has 2 heterocycles. The van der Waals surface area contributed by atoms with Crippen LogP contribution in [0.5, 0.6) is 11.5 Å². The molecule has 1 fully saturated rings. The molecule has 0 unspecified atom stereocenters. The number of nitrogens with one attached hydrogen (secondary N) is 1. The maximum Gasteiger partial charge on any atom is 0.414 e. The Kier molecular flexibility index (Phi) is 4.31. The van der Waals surface area contributed by atoms with Gasteiger partial charge in [0.2, 0.25) is 6.10 Å². The number of nitrogens with zero attached hydrogens (tertiary/aromatic N) is 1. The SMILES string of the molecule is C[C@@H]1Oc2ccccc2O[C@H]1C(=O)Nc1cc(N2CCOC2=O)ccc1F. The topological polar surface area (TPSA) is 77.1 Å². The summed E-state index contributed by atoms with van der Waals surface area (Å²) in [6.07, 6.45) is -2.01. The Balaban J connectivity index is 1.53. The molecule has 4 rings (SSSR count). The molecule has 0 bridgehead atoms. The zero-order valence-corrected chi connectivity index (χ0v) is 14.5. The zero-order chi connectivity index (χ0) is 19.0. The third kappa shape index (κ3) is 3.25. The number of fused-ring (bicyclic) bond motifs is 1. The van der Waals surface area contributed by atoms with Gasteiger partial charge in [0.05, 0.1) is 12.2 Å². The van der Waals surface area contributed by atoms with Crippen LogP contribution in [0.1, 0.15) is 6.92 Å². The van der Waals surface area contributed by atoms with Crippen molar-refractivity contribution >= 4 is 23.4 Å². The van der Waals surface area contributed by atoms with Crippen LogP contribution in [0.4, 0.5) is 20.6 Å². The van der Waals surface area contributed by atoms with Crippen molar-refractivity contribution in [2.75, 3.05) is 23.4 Å². The molecule has 2 aromatic carbocycles. The molecule has 2 aliphatic heterocycles. The van der Waals surface area contributed by atoms with Crippen molar-refractivity contribution in [1.29, 1.82) is 0 Å². The molecule has 2 amide bonds. The predicted octanol–water partition coefficient (Wildman–Crippen LogP) is 2.95. The Bertz CT molecular complexity index is 903. The van der Waals surface area contributed by atoms with Crippen LogP contribution >= 0.6 is 0 Å². The highest BCUT2D eigenvalue weighted by molar-refractivity contribution is 5.96. The lowest BCUT2D eigenvalue weighted by Gasteiger charge is -2.31. The highest BCUT2D eigenvalue weighted by Gasteiger charge is 2.34. The summed E-state index contributed by atoms with van der Waals surface area (Å²) in [6, 6.07) is 11.1. The number of carbonyl (C=O) groups is 2. The molecule has 0 radical (unpaired) electrons. The van der Waals surface area contributed by atoms with E-state index in [1.165, 1.54) is 23.1 Å². The van der Waals surface area contributed by atoms with Crippen LogP contribution in [0.3, 0.4) is 0 Å². The van der Waals surface area contributed by atoms with Crippen molar-refractivity contribution in [2.24, 2.45) is 0 Å². The Morgan fingerprint density at radius 2 is 1.93 bits per heavy atom. The molecule has 0 aromatic heterocycles. The first-order valence-electron chi connectivity index (χ1n) is 8.50. The second kappa shape index (κ2) is 6.79. The molecule has 27 heavy (non-hydrogen) atoms. The van der Waals surface area contributed by atoms with E-state index < -0.39 is 30.0 Å². The van der Waals surface area contributed by atoms with Gasteiger partial charge < -0.3 is 19.5 Å². The van der Waals surface area contributed by atoms with E-state index in [0.29, 0.717) is 23.7 Å². The van der Waals surface area contributed by atoms with Crippen molar-refractivity contribution < 1.29 is 28.2 Å². The lowest BCUT2D eigenvalue weighted by molar-refractivity contribution is -0.128. The maximum atomic E-state index is 14.2. The molecule has 1 saturated heterocycles. The molecule has 0 saturated carbocycles. The van der Waals surface area contributed by atoms with E-state index in [1.54, 1.807) is 31.2 Å². The first-order valence-corrected chi connectivity index (χ1v) is 8.50. The Morgan fingerprint density at radius 1 is 1.19 bits per heavy atom. The molecular formula is C19H17FN2O5. The van der Waals surface area contributed by atoms with Crippen LogP contribution in [0.15, 0.2) is 42.5 Å². The van der Waals surface area contributed by atoms with E-state index >= 15 is 0 Å². The number of halogens is 1. The summed E-state index contributed by atoms with van der Waals surface area (Å²) in [5, 5.41) is 2.52. The monoisotopic (exact) mass is 372 g/mol. The summed E-state index contributed by atoms with van der Waals surface area (Å²) in [5.41, 5.74) is 0.389. The number of hydrogen-bond acceptors (Lipinski definition) is 5. The van der Waals surface area contributed by atoms with E-state index in [4.69, 9.17) is 14.2 Å². The third-order valence-corrected chi connectivity index (χ3v) is 4.38. The molecule has 0 aliphatic carbocycles. The van der Waals surface area contributed by atoms with Gasteiger partial charge in [-0.05, 0) is 37.3 Å². The summed E-state index contributed by atoms with van der Waals surface area (Å²) >= 11 is 0. The molecule has 2 atom stereocenters. The van der Waals surface area contributed by atoms with Gasteiger partial charge in [-0.15, -0.1) is 0 Å². The van der Waals surface area contributed by atoms with Gasteiger partial charge in [0.25, 0.3) is 5.91 Å². The molecular weight excluding hydrogens is 355 g/mol. The van der Waals surface area contributed by atoms with Crippen LogP contribution in [0, 0.1) is 5.82 Å². The van der Waals surface area contributed by atoms with Crippen molar-refractivity contribution in [3.63, 3.8) is 0 Å². The minimum absolute atomic E-state index is 0.0492. The van der Waals surface area contributed by atoms with Gasteiger partial charge in [0, 0.05) is 5.69 Å². The van der Waals surface area contributed by atoms with E-state index in [1.807, 2.05) is 0 Å². The molecule has 7 nitrogen and oxygen atoms in total. The number of para-hydroxylation sites is 2. The van der Waals surface area contributed by atoms with E-state index in [9.17, 15) is 14.0 Å². The van der Waals surface area contributed by atoms with Crippen LogP contribution in [0.2, 0.25) is 0 Å². The zero-order valence-electron chi connectivity index (χ0n) is 14.5. The predicted molar refractivity (Wildman–Crippen MR) is 94.7 cm³/mol. The molecule has 2 aliphatic rings. The summed E-state index contributed by atoms with van der Waals surface area (Å²) in [5.74, 6) is -0.166. The number of amides is 2. The molecule has 1 N–H and O–H groups in total. The van der Waals surface area contributed by atoms with Crippen molar-refractivity contribution in [1.82, 2.24) is 0 Å². The van der Waals surface area contributed by atoms with Crippen LogP contribution in [0.25, 0.3) is 0 Å². The maximum absolute atomic E-state index is 14.2. The van der Waals surface area contributed by atoms with Gasteiger partial charge in [-0.3, -0.25) is 9.69 Å². The minimum Gasteiger partial charge on any atom is -0.482 e. The summed E-state index contributed by atoms with van der Waals surface area (Å²) in [7, 11) is 0. The quantitative estimate of drug-likeness (QED) is 0.896. The van der Waals surface area contributed by atoms with E-state index in [2.05, 4.69) is 5.32 Å². The van der Waals surface area contributed by atoms with Crippen molar-refractivity contribution in [2.45, 2.75) is 19.1 Å². The number of benzene rings is 2. The number of cyclic esters (lactones) is 1. The van der Waals surface area contributed by atoms with E-state index in [-0.39, 0.29) is 12.3 Å². The molecule has 8 heteroatoms. The van der Waals surface area contributed by atoms with Gasteiger partial charge in [-0.25, -0.2) is 9.18 Å². The Morgan fingerprint density at radius 3 is 2.63 bits per heavy atom. The van der Waals surface area contributed by atoms with Crippen LogP contribution in [-0.2, 0) is 9.53 Å². The van der Waals surface area contributed by atoms with Gasteiger partial charge in [-0.2, -0.15) is 0 Å². The summed E-state index contributed by atoms with van der Waals surface area (Å²) < 4.78 is 30.5. The van der Waals surface area contributed by atoms with E-state index in [0.717, 1.165) is 0 Å². The smallest absolute Gasteiger partial charge is 0.414 e. The van der Waals surface area contributed by atoms with Gasteiger partial charge in [0.1, 0.15) is 18.5 Å². The van der Waals surface area contributed by atoms with Gasteiger partial charge in [-0.1, -0.05) is 12.1 Å². The molecule has 0 spiro atoms. The fourth-order valence-electron chi connectivity index (χ4n) is 3.02. The van der Waals surface area contributed by atoms with Gasteiger partial charge in [0.15, 0.2) is 11.5 Å². The summed E-state index contributed by atoms with van der Waals surface area (Å²) in [6.45, 7) is 2.33. The number of carbonyl (C=O) groups excluding carboxylic acids is 2. The fraction of sp³-hybridized carbons (Fsp3) is 0.263. The standard InChI is InChI=1S/C19H17FN2O5/c1-11-17(27-16-5-3-2-4-15(16)26-11)18(23)21-14-10-12(6-7-13(14)20)22-8-9-25-19(22)24/h2-7,10-11,17H,8-9H2,1H3,(H,21,23)/t11-,17+/m0/s1. The highest BCUT2D eigenvalue weighted by Crippen LogP contribution is 2.34. The number of ether oxygens (including phenoxy) is 3. The lowest BCUT2D eigenvalue weighted by atomic mass is 10.1. The second-order valence-electron chi connectivity index (χ2n) is 6.23. The average molecular weight is 372 g/mol. The molecule has 2 aromatic rings. The number of hydrogen-bond donors (Lipinski definition) is 1. The lowest BCUT2D eigenvalue weighted by Crippen LogP contribution is -2.46. The largest absolute Gasteiger partial charge is 0.482 e. The minimum atomic E-state index is -0.945. The van der Waals surface area contributed by atoms with Crippen molar-refractivity contribution in [3.8, 4) is 11.5 Å².